The van der Waals surface area contributed by atoms with E-state index in [0.717, 1.165) is 167 Å². The Morgan fingerprint density at radius 1 is 0.302 bits per heavy atom. The van der Waals surface area contributed by atoms with Crippen molar-refractivity contribution in [3.05, 3.63) is 134 Å². The van der Waals surface area contributed by atoms with Gasteiger partial charge in [0.1, 0.15) is 19.3 Å². The molecule has 0 aliphatic carbocycles. The van der Waals surface area contributed by atoms with Crippen LogP contribution in [0, 0.1) is 0 Å². The first kappa shape index (κ1) is 91.2. The summed E-state index contributed by atoms with van der Waals surface area (Å²) in [6.45, 7) is 4.41. The van der Waals surface area contributed by atoms with Gasteiger partial charge in [-0.05, 0) is 154 Å². The zero-order chi connectivity index (χ0) is 70.4. The summed E-state index contributed by atoms with van der Waals surface area (Å²) in [7, 11) is -9.98. The summed E-state index contributed by atoms with van der Waals surface area (Å²) in [5.41, 5.74) is 0. The van der Waals surface area contributed by atoms with Gasteiger partial charge in [0.05, 0.1) is 26.4 Å². The van der Waals surface area contributed by atoms with Gasteiger partial charge >= 0.3 is 39.5 Å². The normalized spacial score (nSPS) is 14.8. The van der Waals surface area contributed by atoms with Gasteiger partial charge in [-0.3, -0.25) is 37.3 Å². The summed E-state index contributed by atoms with van der Waals surface area (Å²) in [5.74, 6) is -2.30. The smallest absolute Gasteiger partial charge is 0.462 e. The lowest BCUT2D eigenvalue weighted by atomic mass is 10.1. The molecule has 3 N–H and O–H groups in total. The molecular formula is C77H128O17P2. The third kappa shape index (κ3) is 67.8. The van der Waals surface area contributed by atoms with Crippen molar-refractivity contribution in [1.29, 1.82) is 0 Å². The fourth-order valence-corrected chi connectivity index (χ4v) is 10.6. The van der Waals surface area contributed by atoms with E-state index in [0.29, 0.717) is 25.7 Å². The van der Waals surface area contributed by atoms with Crippen LogP contribution in [0.1, 0.15) is 272 Å². The van der Waals surface area contributed by atoms with Crippen LogP contribution in [0.4, 0.5) is 0 Å². The second kappa shape index (κ2) is 68.7. The van der Waals surface area contributed by atoms with Crippen molar-refractivity contribution in [2.45, 2.75) is 290 Å². The van der Waals surface area contributed by atoms with Crippen LogP contribution < -0.4 is 0 Å². The predicted octanol–water partition coefficient (Wildman–Crippen LogP) is 20.5. The number of esters is 4. The molecule has 96 heavy (non-hydrogen) atoms. The molecule has 0 spiro atoms. The van der Waals surface area contributed by atoms with Crippen molar-refractivity contribution < 1.29 is 80.2 Å². The SMILES string of the molecule is CC/C=C\C/C=C\C/C=C\C/C=C\CCCCC(=O)OCC(COP(=O)(O)OCC(O)COP(=O)(O)OCC(COC(=O)CCCC/C=C\C/C=C\C/C=C\C/C=C\CC)OC(=O)CCCCCCC/C=C\CCCCCC)OC(=O)CCCCCCC/C=C\C/C=C\CCC. The number of allylic oxidation sites excluding steroid dienone is 22. The Hall–Kier alpha value is -4.80. The second-order valence-corrected chi connectivity index (χ2v) is 26.7. The molecule has 548 valence electrons. The molecule has 0 heterocycles. The highest BCUT2D eigenvalue weighted by atomic mass is 31.2. The third-order valence-corrected chi connectivity index (χ3v) is 16.5. The van der Waals surface area contributed by atoms with Crippen LogP contribution in [0.3, 0.4) is 0 Å². The van der Waals surface area contributed by atoms with Gasteiger partial charge < -0.3 is 33.8 Å². The van der Waals surface area contributed by atoms with Crippen LogP contribution in [0.5, 0.6) is 0 Å². The van der Waals surface area contributed by atoms with E-state index in [1.54, 1.807) is 0 Å². The number of carbonyl (C=O) groups excluding carboxylic acids is 4. The van der Waals surface area contributed by atoms with Crippen molar-refractivity contribution in [2.75, 3.05) is 39.6 Å². The molecule has 5 atom stereocenters. The van der Waals surface area contributed by atoms with E-state index < -0.39 is 97.5 Å². The fraction of sp³-hybridized carbons (Fsp3) is 0.662. The molecule has 19 heteroatoms. The maximum atomic E-state index is 13.0. The lowest BCUT2D eigenvalue weighted by Gasteiger charge is -2.21. The van der Waals surface area contributed by atoms with E-state index in [9.17, 15) is 43.2 Å². The number of phosphoric ester groups is 2. The molecule has 0 radical (unpaired) electrons. The van der Waals surface area contributed by atoms with E-state index in [4.69, 9.17) is 37.0 Å². The average Bonchev–Trinajstić information content (AvgIpc) is 1.14. The van der Waals surface area contributed by atoms with Gasteiger partial charge in [-0.15, -0.1) is 0 Å². The summed E-state index contributed by atoms with van der Waals surface area (Å²) in [5, 5.41) is 10.6. The zero-order valence-electron chi connectivity index (χ0n) is 59.5. The fourth-order valence-electron chi connectivity index (χ4n) is 9.06. The van der Waals surface area contributed by atoms with Gasteiger partial charge in [-0.1, -0.05) is 226 Å². The Balaban J connectivity index is 5.43. The number of aliphatic hydroxyl groups excluding tert-OH is 1. The Morgan fingerprint density at radius 3 is 0.906 bits per heavy atom. The average molecular weight is 1390 g/mol. The van der Waals surface area contributed by atoms with E-state index in [-0.39, 0.29) is 25.7 Å². The van der Waals surface area contributed by atoms with Crippen LogP contribution in [0.15, 0.2) is 134 Å². The summed E-state index contributed by atoms with van der Waals surface area (Å²) in [6, 6.07) is 0. The van der Waals surface area contributed by atoms with Crippen LogP contribution in [0.25, 0.3) is 0 Å². The predicted molar refractivity (Wildman–Crippen MR) is 390 cm³/mol. The molecule has 0 fully saturated rings. The summed E-state index contributed by atoms with van der Waals surface area (Å²) < 4.78 is 68.2. The number of hydrogen-bond acceptors (Lipinski definition) is 15. The van der Waals surface area contributed by atoms with Crippen LogP contribution >= 0.6 is 15.6 Å². The minimum atomic E-state index is -4.99. The molecular weight excluding hydrogens is 1260 g/mol. The van der Waals surface area contributed by atoms with Crippen molar-refractivity contribution in [3.63, 3.8) is 0 Å². The Kier molecular flexibility index (Phi) is 65.3. The van der Waals surface area contributed by atoms with Gasteiger partial charge in [0.15, 0.2) is 12.2 Å². The largest absolute Gasteiger partial charge is 0.472 e. The molecule has 0 aliphatic rings. The van der Waals surface area contributed by atoms with Crippen LogP contribution in [0.2, 0.25) is 0 Å². The third-order valence-electron chi connectivity index (χ3n) is 14.6. The first-order valence-corrected chi connectivity index (χ1v) is 39.4. The molecule has 0 aliphatic heterocycles. The van der Waals surface area contributed by atoms with Crippen molar-refractivity contribution in [3.8, 4) is 0 Å². The highest BCUT2D eigenvalue weighted by Gasteiger charge is 2.30. The molecule has 0 aromatic rings. The summed E-state index contributed by atoms with van der Waals surface area (Å²) in [6.07, 6.45) is 74.6. The standard InChI is InChI=1S/C77H128O17P2/c1-5-9-13-17-21-25-29-33-35-39-41-45-49-53-57-61-74(79)87-67-72(93-76(81)63-59-55-51-47-43-37-31-27-23-19-15-11-7-3)69-91-95(83,84)89-65-71(78)66-90-96(85,86)92-70-73(94-77(82)64-60-56-52-48-44-38-32-28-24-20-16-12-8-4)68-88-75(80)62-58-54-50-46-42-40-36-34-30-26-22-18-14-10-6-2/h9-10,13-15,19,21-22,25-28,31-36,41-42,45-46,71-73,78H,5-8,11-12,16-18,20,23-24,29-30,37-40,43-44,47-70H2,1-4H3,(H,83,84)(H,85,86)/b13-9-,14-10-,19-15-,25-21-,26-22-,31-27-,32-28-,35-33-,36-34-,45-41-,46-42-. The van der Waals surface area contributed by atoms with Gasteiger partial charge in [-0.2, -0.15) is 0 Å². The molecule has 0 amide bonds. The maximum absolute atomic E-state index is 13.0. The second-order valence-electron chi connectivity index (χ2n) is 23.8. The minimum absolute atomic E-state index is 0.0651. The maximum Gasteiger partial charge on any atom is 0.472 e. The monoisotopic (exact) mass is 1390 g/mol. The molecule has 0 bridgehead atoms. The highest BCUT2D eigenvalue weighted by molar-refractivity contribution is 7.47. The Morgan fingerprint density at radius 2 is 0.562 bits per heavy atom. The minimum Gasteiger partial charge on any atom is -0.462 e. The first-order chi connectivity index (χ1) is 46.7. The summed E-state index contributed by atoms with van der Waals surface area (Å²) >= 11 is 0. The quantitative estimate of drug-likeness (QED) is 0.0169. The van der Waals surface area contributed by atoms with Crippen molar-refractivity contribution >= 4 is 39.5 Å². The van der Waals surface area contributed by atoms with Crippen LogP contribution in [-0.2, 0) is 65.4 Å². The molecule has 17 nitrogen and oxygen atoms in total. The van der Waals surface area contributed by atoms with Crippen molar-refractivity contribution in [1.82, 2.24) is 0 Å². The molecule has 0 rings (SSSR count). The van der Waals surface area contributed by atoms with E-state index in [1.165, 1.54) is 25.7 Å². The van der Waals surface area contributed by atoms with Crippen molar-refractivity contribution in [2.24, 2.45) is 0 Å². The number of ether oxygens (including phenoxy) is 4. The first-order valence-electron chi connectivity index (χ1n) is 36.4. The Bertz CT molecular complexity index is 2350. The number of aliphatic hydroxyl groups is 1. The number of rotatable bonds is 67. The number of hydrogen-bond donors (Lipinski definition) is 3. The van der Waals surface area contributed by atoms with E-state index in [2.05, 4.69) is 161 Å². The lowest BCUT2D eigenvalue weighted by molar-refractivity contribution is -0.161. The van der Waals surface area contributed by atoms with Gasteiger partial charge in [-0.25, -0.2) is 9.13 Å². The molecule has 0 aromatic heterocycles. The van der Waals surface area contributed by atoms with Crippen LogP contribution in [-0.4, -0.2) is 96.7 Å². The number of carbonyl (C=O) groups is 4. The highest BCUT2D eigenvalue weighted by Crippen LogP contribution is 2.45. The number of unbranched alkanes of at least 4 members (excludes halogenated alkanes) is 19. The van der Waals surface area contributed by atoms with E-state index in [1.807, 2.05) is 0 Å². The molecule has 0 saturated heterocycles. The molecule has 5 unspecified atom stereocenters. The van der Waals surface area contributed by atoms with Gasteiger partial charge in [0, 0.05) is 25.7 Å². The summed E-state index contributed by atoms with van der Waals surface area (Å²) in [4.78, 5) is 72.7. The van der Waals surface area contributed by atoms with Gasteiger partial charge in [0.25, 0.3) is 0 Å². The van der Waals surface area contributed by atoms with E-state index >= 15 is 0 Å². The molecule has 0 aromatic carbocycles. The topological polar surface area (TPSA) is 237 Å². The molecule has 0 saturated carbocycles. The zero-order valence-corrected chi connectivity index (χ0v) is 61.3. The van der Waals surface area contributed by atoms with Gasteiger partial charge in [0.2, 0.25) is 0 Å². The lowest BCUT2D eigenvalue weighted by Crippen LogP contribution is -2.30. The number of phosphoric acid groups is 2. The Labute approximate surface area is 580 Å².